The highest BCUT2D eigenvalue weighted by Crippen LogP contribution is 2.24. The van der Waals surface area contributed by atoms with E-state index in [0.717, 1.165) is 32.2 Å². The van der Waals surface area contributed by atoms with Crippen molar-refractivity contribution in [2.24, 2.45) is 0 Å². The largest absolute Gasteiger partial charge is 0.394 e. The smallest absolute Gasteiger partial charge is 0.245 e. The minimum Gasteiger partial charge on any atom is -0.394 e. The van der Waals surface area contributed by atoms with E-state index >= 15 is 0 Å². The van der Waals surface area contributed by atoms with Crippen LogP contribution in [0.4, 0.5) is 0 Å². The zero-order chi connectivity index (χ0) is 13.0. The molecule has 2 rings (SSSR count). The fourth-order valence-electron chi connectivity index (χ4n) is 2.74. The summed E-state index contributed by atoms with van der Waals surface area (Å²) in [5.41, 5.74) is 0. The van der Waals surface area contributed by atoms with Gasteiger partial charge in [0, 0.05) is 18.9 Å². The number of aliphatic hydroxyl groups excluding tert-OH is 1. The zero-order valence-corrected chi connectivity index (χ0v) is 11.0. The highest BCUT2D eigenvalue weighted by molar-refractivity contribution is 5.81. The van der Waals surface area contributed by atoms with Gasteiger partial charge in [0.15, 0.2) is 0 Å². The molecule has 0 spiro atoms. The van der Waals surface area contributed by atoms with E-state index in [-0.39, 0.29) is 24.6 Å². The Morgan fingerprint density at radius 1 is 1.44 bits per heavy atom. The van der Waals surface area contributed by atoms with Crippen LogP contribution in [0.15, 0.2) is 24.5 Å². The number of rotatable bonds is 5. The van der Waals surface area contributed by atoms with Crippen molar-refractivity contribution in [2.75, 3.05) is 13.2 Å². The summed E-state index contributed by atoms with van der Waals surface area (Å²) < 4.78 is 1.98. The van der Waals surface area contributed by atoms with Crippen LogP contribution in [0.3, 0.4) is 0 Å². The second-order valence-corrected chi connectivity index (χ2v) is 4.94. The van der Waals surface area contributed by atoms with Crippen LogP contribution in [0.25, 0.3) is 0 Å². The fourth-order valence-corrected chi connectivity index (χ4v) is 2.74. The Hall–Kier alpha value is -1.29. The molecule has 1 aliphatic rings. The van der Waals surface area contributed by atoms with E-state index in [2.05, 4.69) is 6.92 Å². The van der Waals surface area contributed by atoms with Crippen molar-refractivity contribution < 1.29 is 9.90 Å². The number of likely N-dealkylation sites (tertiary alicyclic amines) is 1. The molecule has 0 aromatic carbocycles. The van der Waals surface area contributed by atoms with Gasteiger partial charge >= 0.3 is 0 Å². The number of aliphatic hydroxyl groups is 1. The molecule has 1 saturated heterocycles. The molecule has 100 valence electrons. The Morgan fingerprint density at radius 2 is 2.17 bits per heavy atom. The average molecular weight is 250 g/mol. The first-order valence-corrected chi connectivity index (χ1v) is 6.81. The predicted molar refractivity (Wildman–Crippen MR) is 70.2 cm³/mol. The van der Waals surface area contributed by atoms with E-state index in [9.17, 15) is 9.90 Å². The van der Waals surface area contributed by atoms with Crippen molar-refractivity contribution in [2.45, 2.75) is 44.7 Å². The molecular weight excluding hydrogens is 228 g/mol. The number of nitrogens with zero attached hydrogens (tertiary/aromatic N) is 2. The van der Waals surface area contributed by atoms with Gasteiger partial charge in [-0.05, 0) is 31.4 Å². The number of amides is 1. The second-order valence-electron chi connectivity index (χ2n) is 4.94. The number of carbonyl (C=O) groups excluding carboxylic acids is 1. The lowest BCUT2D eigenvalue weighted by Crippen LogP contribution is -2.41. The summed E-state index contributed by atoms with van der Waals surface area (Å²) in [4.78, 5) is 14.5. The van der Waals surface area contributed by atoms with Crippen molar-refractivity contribution in [3.05, 3.63) is 24.5 Å². The molecule has 2 atom stereocenters. The van der Waals surface area contributed by atoms with Crippen LogP contribution in [-0.4, -0.2) is 39.7 Å². The van der Waals surface area contributed by atoms with Gasteiger partial charge in [-0.3, -0.25) is 4.79 Å². The van der Waals surface area contributed by atoms with Gasteiger partial charge in [0.25, 0.3) is 0 Å². The van der Waals surface area contributed by atoms with Crippen LogP contribution in [0.2, 0.25) is 0 Å². The molecule has 0 bridgehead atoms. The van der Waals surface area contributed by atoms with E-state index < -0.39 is 0 Å². The molecule has 1 fully saturated rings. The van der Waals surface area contributed by atoms with Gasteiger partial charge in [0.2, 0.25) is 5.91 Å². The molecule has 2 heterocycles. The summed E-state index contributed by atoms with van der Waals surface area (Å²) in [7, 11) is 0. The minimum absolute atomic E-state index is 0.0208. The lowest BCUT2D eigenvalue weighted by Gasteiger charge is -2.28. The topological polar surface area (TPSA) is 45.5 Å². The predicted octanol–water partition coefficient (Wildman–Crippen LogP) is 1.81. The van der Waals surface area contributed by atoms with Crippen LogP contribution in [0, 0.1) is 0 Å². The third kappa shape index (κ3) is 2.58. The molecule has 1 amide bonds. The Morgan fingerprint density at radius 3 is 2.78 bits per heavy atom. The normalized spacial score (nSPS) is 21.2. The molecular formula is C14H22N2O2. The Kier molecular flexibility index (Phi) is 4.42. The maximum absolute atomic E-state index is 12.6. The third-order valence-electron chi connectivity index (χ3n) is 3.71. The number of aromatic nitrogens is 1. The van der Waals surface area contributed by atoms with Crippen molar-refractivity contribution in [3.8, 4) is 0 Å². The minimum atomic E-state index is -0.114. The fraction of sp³-hybridized carbons (Fsp3) is 0.643. The quantitative estimate of drug-likeness (QED) is 0.866. The highest BCUT2D eigenvalue weighted by atomic mass is 16.3. The van der Waals surface area contributed by atoms with E-state index in [4.69, 9.17) is 0 Å². The van der Waals surface area contributed by atoms with Gasteiger partial charge in [-0.2, -0.15) is 0 Å². The first kappa shape index (κ1) is 13.1. The monoisotopic (exact) mass is 250 g/mol. The molecule has 1 N–H and O–H groups in total. The van der Waals surface area contributed by atoms with Crippen LogP contribution in [0.1, 0.15) is 38.6 Å². The molecule has 1 aromatic heterocycles. The number of hydrogen-bond donors (Lipinski definition) is 1. The van der Waals surface area contributed by atoms with Gasteiger partial charge in [0.1, 0.15) is 6.04 Å². The number of hydrogen-bond acceptors (Lipinski definition) is 2. The lowest BCUT2D eigenvalue weighted by atomic mass is 10.1. The molecule has 0 aliphatic carbocycles. The molecule has 0 saturated carbocycles. The summed E-state index contributed by atoms with van der Waals surface area (Å²) in [6, 6.07) is 3.80. The van der Waals surface area contributed by atoms with Crippen molar-refractivity contribution in [1.82, 2.24) is 9.47 Å². The van der Waals surface area contributed by atoms with Gasteiger partial charge in [-0.1, -0.05) is 13.3 Å². The summed E-state index contributed by atoms with van der Waals surface area (Å²) in [5, 5.41) is 9.33. The molecule has 4 heteroatoms. The summed E-state index contributed by atoms with van der Waals surface area (Å²) in [5.74, 6) is 0.157. The Balaban J connectivity index is 2.13. The van der Waals surface area contributed by atoms with Gasteiger partial charge < -0.3 is 14.6 Å². The van der Waals surface area contributed by atoms with Gasteiger partial charge in [0.05, 0.1) is 12.6 Å². The molecule has 4 nitrogen and oxygen atoms in total. The van der Waals surface area contributed by atoms with Crippen LogP contribution in [-0.2, 0) is 4.79 Å². The number of carbonyl (C=O) groups is 1. The summed E-state index contributed by atoms with van der Waals surface area (Å²) in [6.45, 7) is 2.96. The van der Waals surface area contributed by atoms with Gasteiger partial charge in [-0.25, -0.2) is 0 Å². The molecule has 0 radical (unpaired) electrons. The van der Waals surface area contributed by atoms with Crippen LogP contribution in [0.5, 0.6) is 0 Å². The first-order chi connectivity index (χ1) is 8.77. The molecule has 1 aliphatic heterocycles. The zero-order valence-electron chi connectivity index (χ0n) is 11.0. The molecule has 18 heavy (non-hydrogen) atoms. The lowest BCUT2D eigenvalue weighted by molar-refractivity contribution is -0.136. The third-order valence-corrected chi connectivity index (χ3v) is 3.71. The Labute approximate surface area is 108 Å². The van der Waals surface area contributed by atoms with E-state index in [0.29, 0.717) is 0 Å². The molecule has 1 aromatic rings. The maximum atomic E-state index is 12.6. The summed E-state index contributed by atoms with van der Waals surface area (Å²) >= 11 is 0. The molecule has 1 unspecified atom stereocenters. The maximum Gasteiger partial charge on any atom is 0.245 e. The van der Waals surface area contributed by atoms with E-state index in [1.807, 2.05) is 34.0 Å². The van der Waals surface area contributed by atoms with Crippen LogP contribution < -0.4 is 0 Å². The second kappa shape index (κ2) is 6.05. The van der Waals surface area contributed by atoms with Crippen LogP contribution >= 0.6 is 0 Å². The van der Waals surface area contributed by atoms with Crippen molar-refractivity contribution in [1.29, 1.82) is 0 Å². The standard InChI is InChI=1S/C14H22N2O2/c1-2-6-13(15-8-3-4-9-15)14(18)16-10-5-7-12(16)11-17/h3-4,8-9,12-13,17H,2,5-7,10-11H2,1H3/t12-,13?/m1/s1. The summed E-state index contributed by atoms with van der Waals surface area (Å²) in [6.07, 6.45) is 7.65. The average Bonchev–Trinajstić information content (AvgIpc) is 3.05. The van der Waals surface area contributed by atoms with Crippen molar-refractivity contribution in [3.63, 3.8) is 0 Å². The van der Waals surface area contributed by atoms with E-state index in [1.54, 1.807) is 0 Å². The van der Waals surface area contributed by atoms with E-state index in [1.165, 1.54) is 0 Å². The highest BCUT2D eigenvalue weighted by Gasteiger charge is 2.32. The Bertz CT molecular complexity index is 375. The van der Waals surface area contributed by atoms with Gasteiger partial charge in [-0.15, -0.1) is 0 Å². The van der Waals surface area contributed by atoms with Crippen molar-refractivity contribution >= 4 is 5.91 Å². The first-order valence-electron chi connectivity index (χ1n) is 6.81. The SMILES string of the molecule is CCCC(C(=O)N1CCC[C@@H]1CO)n1cccc1.